The third kappa shape index (κ3) is 1.97. The highest BCUT2D eigenvalue weighted by atomic mass is 35.5. The van der Waals surface area contributed by atoms with Crippen LogP contribution in [0.5, 0.6) is 0 Å². The molecule has 1 nitrogen and oxygen atoms in total. The molecule has 0 fully saturated rings. The number of hydrogen-bond acceptors (Lipinski definition) is 2. The van der Waals surface area contributed by atoms with Gasteiger partial charge in [-0.25, -0.2) is 0 Å². The number of hydrogen-bond donors (Lipinski definition) is 1. The van der Waals surface area contributed by atoms with Crippen LogP contribution in [0.25, 0.3) is 0 Å². The average molecular weight is 176 g/mol. The lowest BCUT2D eigenvalue weighted by Gasteiger charge is -1.95. The molecular formula is C7H10ClNS. The topological polar surface area (TPSA) is 12.0 Å². The Morgan fingerprint density at radius 3 is 3.00 bits per heavy atom. The van der Waals surface area contributed by atoms with E-state index in [1.807, 2.05) is 18.5 Å². The Hall–Kier alpha value is -0.0500. The van der Waals surface area contributed by atoms with E-state index < -0.39 is 0 Å². The molecule has 0 bridgehead atoms. The zero-order chi connectivity index (χ0) is 7.40. The highest BCUT2D eigenvalue weighted by molar-refractivity contribution is 7.10. The first kappa shape index (κ1) is 8.05. The van der Waals surface area contributed by atoms with Gasteiger partial charge >= 0.3 is 0 Å². The van der Waals surface area contributed by atoms with Crippen molar-refractivity contribution in [1.29, 1.82) is 0 Å². The largest absolute Gasteiger partial charge is 0.319 e. The van der Waals surface area contributed by atoms with Gasteiger partial charge in [0.1, 0.15) is 0 Å². The van der Waals surface area contributed by atoms with Crippen LogP contribution in [0.1, 0.15) is 4.88 Å². The van der Waals surface area contributed by atoms with Crippen LogP contribution >= 0.6 is 22.9 Å². The summed E-state index contributed by atoms with van der Waals surface area (Å²) < 4.78 is 0. The minimum absolute atomic E-state index is 0.903. The average Bonchev–Trinajstić information content (AvgIpc) is 2.31. The zero-order valence-electron chi connectivity index (χ0n) is 5.86. The first-order chi connectivity index (χ1) is 4.84. The summed E-state index contributed by atoms with van der Waals surface area (Å²) in [6, 6.07) is 1.94. The molecule has 56 valence electrons. The predicted molar refractivity (Wildman–Crippen MR) is 47.0 cm³/mol. The predicted octanol–water partition coefficient (Wildman–Crippen LogP) is 2.16. The Balaban J connectivity index is 2.49. The second-order valence-electron chi connectivity index (χ2n) is 2.05. The number of rotatable bonds is 3. The standard InChI is InChI=1S/C7H10ClNS/c1-9-4-2-7-6(8)3-5-10-7/h3,5,9H,2,4H2,1H3. The summed E-state index contributed by atoms with van der Waals surface area (Å²) >= 11 is 7.58. The van der Waals surface area contributed by atoms with Gasteiger partial charge in [-0.1, -0.05) is 11.6 Å². The molecule has 0 aromatic carbocycles. The van der Waals surface area contributed by atoms with E-state index in [9.17, 15) is 0 Å². The van der Waals surface area contributed by atoms with E-state index in [1.54, 1.807) is 11.3 Å². The van der Waals surface area contributed by atoms with E-state index in [2.05, 4.69) is 5.32 Å². The van der Waals surface area contributed by atoms with Crippen molar-refractivity contribution in [1.82, 2.24) is 5.32 Å². The molecule has 1 rings (SSSR count). The summed E-state index contributed by atoms with van der Waals surface area (Å²) in [4.78, 5) is 1.27. The van der Waals surface area contributed by atoms with Crippen LogP contribution in [-0.2, 0) is 6.42 Å². The van der Waals surface area contributed by atoms with Crippen LogP contribution in [0.15, 0.2) is 11.4 Å². The summed E-state index contributed by atoms with van der Waals surface area (Å²) in [6.07, 6.45) is 1.03. The number of likely N-dealkylation sites (N-methyl/N-ethyl adjacent to an activating group) is 1. The van der Waals surface area contributed by atoms with Crippen LogP contribution in [0.3, 0.4) is 0 Å². The molecule has 1 N–H and O–H groups in total. The van der Waals surface area contributed by atoms with Gasteiger partial charge in [0.2, 0.25) is 0 Å². The van der Waals surface area contributed by atoms with Gasteiger partial charge in [0.05, 0.1) is 5.02 Å². The molecule has 0 aliphatic rings. The van der Waals surface area contributed by atoms with Gasteiger partial charge in [-0.2, -0.15) is 0 Å². The molecule has 0 unspecified atom stereocenters. The molecule has 1 heterocycles. The first-order valence-corrected chi connectivity index (χ1v) is 4.47. The number of nitrogens with one attached hydrogen (secondary N) is 1. The van der Waals surface area contributed by atoms with Crippen molar-refractivity contribution in [3.63, 3.8) is 0 Å². The maximum absolute atomic E-state index is 5.86. The van der Waals surface area contributed by atoms with E-state index in [0.29, 0.717) is 0 Å². The van der Waals surface area contributed by atoms with Crippen molar-refractivity contribution in [2.45, 2.75) is 6.42 Å². The summed E-state index contributed by atoms with van der Waals surface area (Å²) in [6.45, 7) is 1.00. The number of halogens is 1. The quantitative estimate of drug-likeness (QED) is 0.743. The van der Waals surface area contributed by atoms with E-state index in [-0.39, 0.29) is 0 Å². The molecule has 0 aliphatic carbocycles. The van der Waals surface area contributed by atoms with E-state index in [4.69, 9.17) is 11.6 Å². The van der Waals surface area contributed by atoms with Crippen LogP contribution in [-0.4, -0.2) is 13.6 Å². The molecular weight excluding hydrogens is 166 g/mol. The van der Waals surface area contributed by atoms with Crippen molar-refractivity contribution < 1.29 is 0 Å². The van der Waals surface area contributed by atoms with Crippen molar-refractivity contribution in [3.05, 3.63) is 21.3 Å². The van der Waals surface area contributed by atoms with Gasteiger partial charge < -0.3 is 5.32 Å². The lowest BCUT2D eigenvalue weighted by Crippen LogP contribution is -2.09. The highest BCUT2D eigenvalue weighted by Gasteiger charge is 1.98. The summed E-state index contributed by atoms with van der Waals surface area (Å²) in [5, 5.41) is 6.01. The second kappa shape index (κ2) is 3.96. The van der Waals surface area contributed by atoms with E-state index in [0.717, 1.165) is 18.0 Å². The molecule has 3 heteroatoms. The monoisotopic (exact) mass is 175 g/mol. The SMILES string of the molecule is CNCCc1sccc1Cl. The first-order valence-electron chi connectivity index (χ1n) is 3.21. The fraction of sp³-hybridized carbons (Fsp3) is 0.429. The maximum Gasteiger partial charge on any atom is 0.0545 e. The molecule has 1 aromatic heterocycles. The Morgan fingerprint density at radius 2 is 2.50 bits per heavy atom. The normalized spacial score (nSPS) is 10.2. The van der Waals surface area contributed by atoms with E-state index >= 15 is 0 Å². The summed E-state index contributed by atoms with van der Waals surface area (Å²) in [5.74, 6) is 0. The Kier molecular flexibility index (Phi) is 3.19. The molecule has 0 saturated heterocycles. The third-order valence-electron chi connectivity index (χ3n) is 1.29. The summed E-state index contributed by atoms with van der Waals surface area (Å²) in [5.41, 5.74) is 0. The maximum atomic E-state index is 5.86. The Labute approximate surface area is 70.0 Å². The van der Waals surface area contributed by atoms with Gasteiger partial charge in [0.15, 0.2) is 0 Å². The van der Waals surface area contributed by atoms with E-state index in [1.165, 1.54) is 4.88 Å². The van der Waals surface area contributed by atoms with Gasteiger partial charge in [-0.15, -0.1) is 11.3 Å². The van der Waals surface area contributed by atoms with Crippen molar-refractivity contribution in [2.75, 3.05) is 13.6 Å². The fourth-order valence-corrected chi connectivity index (χ4v) is 1.88. The second-order valence-corrected chi connectivity index (χ2v) is 3.45. The van der Waals surface area contributed by atoms with Gasteiger partial charge in [-0.3, -0.25) is 0 Å². The zero-order valence-corrected chi connectivity index (χ0v) is 7.43. The molecule has 0 atom stereocenters. The Morgan fingerprint density at radius 1 is 1.70 bits per heavy atom. The molecule has 1 aromatic rings. The minimum atomic E-state index is 0.903. The van der Waals surface area contributed by atoms with Crippen LogP contribution < -0.4 is 5.32 Å². The van der Waals surface area contributed by atoms with Crippen LogP contribution in [0, 0.1) is 0 Å². The highest BCUT2D eigenvalue weighted by Crippen LogP contribution is 2.21. The van der Waals surface area contributed by atoms with Gasteiger partial charge in [-0.05, 0) is 31.5 Å². The van der Waals surface area contributed by atoms with Crippen LogP contribution in [0.2, 0.25) is 5.02 Å². The fourth-order valence-electron chi connectivity index (χ4n) is 0.742. The lowest BCUT2D eigenvalue weighted by molar-refractivity contribution is 0.799. The number of thiophene rings is 1. The molecule has 10 heavy (non-hydrogen) atoms. The summed E-state index contributed by atoms with van der Waals surface area (Å²) in [7, 11) is 1.95. The van der Waals surface area contributed by atoms with Crippen LogP contribution in [0.4, 0.5) is 0 Å². The molecule has 0 aliphatic heterocycles. The Bertz CT molecular complexity index is 197. The molecule has 0 saturated carbocycles. The molecule has 0 amide bonds. The molecule has 0 radical (unpaired) electrons. The smallest absolute Gasteiger partial charge is 0.0545 e. The van der Waals surface area contributed by atoms with Crippen molar-refractivity contribution in [2.24, 2.45) is 0 Å². The molecule has 0 spiro atoms. The van der Waals surface area contributed by atoms with Crippen molar-refractivity contribution in [3.8, 4) is 0 Å². The third-order valence-corrected chi connectivity index (χ3v) is 2.74. The minimum Gasteiger partial charge on any atom is -0.319 e. The lowest BCUT2D eigenvalue weighted by atomic mass is 10.3. The van der Waals surface area contributed by atoms with Crippen molar-refractivity contribution >= 4 is 22.9 Å². The van der Waals surface area contributed by atoms with Gasteiger partial charge in [0, 0.05) is 4.88 Å². The van der Waals surface area contributed by atoms with Gasteiger partial charge in [0.25, 0.3) is 0 Å².